The molecule has 0 aliphatic carbocycles. The summed E-state index contributed by atoms with van der Waals surface area (Å²) in [5, 5.41) is 3.13. The van der Waals surface area contributed by atoms with E-state index in [0.717, 1.165) is 28.6 Å². The monoisotopic (exact) mass is 327 g/mol. The van der Waals surface area contributed by atoms with Crippen LogP contribution in [0.15, 0.2) is 28.7 Å². The van der Waals surface area contributed by atoms with Crippen LogP contribution in [0.1, 0.15) is 38.3 Å². The first kappa shape index (κ1) is 13.9. The third kappa shape index (κ3) is 3.09. The van der Waals surface area contributed by atoms with Crippen molar-refractivity contribution in [2.24, 2.45) is 0 Å². The maximum absolute atomic E-state index is 12.3. The number of hydrogen-bond acceptors (Lipinski definition) is 2. The van der Waals surface area contributed by atoms with E-state index in [0.29, 0.717) is 0 Å². The van der Waals surface area contributed by atoms with Crippen molar-refractivity contribution in [2.75, 3.05) is 5.75 Å². The highest BCUT2D eigenvalue weighted by atomic mass is 79.9. The van der Waals surface area contributed by atoms with Crippen molar-refractivity contribution in [3.63, 3.8) is 0 Å². The molecule has 1 aliphatic rings. The lowest BCUT2D eigenvalue weighted by Crippen LogP contribution is -2.41. The molecule has 1 N–H and O–H groups in total. The Kier molecular flexibility index (Phi) is 4.38. The van der Waals surface area contributed by atoms with E-state index in [1.165, 1.54) is 0 Å². The van der Waals surface area contributed by atoms with Crippen molar-refractivity contribution < 1.29 is 4.79 Å². The summed E-state index contributed by atoms with van der Waals surface area (Å²) in [7, 11) is 0. The lowest BCUT2D eigenvalue weighted by molar-refractivity contribution is -0.123. The number of carbonyl (C=O) groups excluding carboxylic acids is 1. The van der Waals surface area contributed by atoms with Crippen molar-refractivity contribution in [3.8, 4) is 0 Å². The summed E-state index contributed by atoms with van der Waals surface area (Å²) in [4.78, 5) is 12.3. The molecule has 0 spiro atoms. The number of thioether (sulfide) groups is 1. The quantitative estimate of drug-likeness (QED) is 0.911. The minimum absolute atomic E-state index is 0.0491. The summed E-state index contributed by atoms with van der Waals surface area (Å²) in [6.45, 7) is 4.08. The minimum atomic E-state index is -0.236. The Morgan fingerprint density at radius 2 is 2.33 bits per heavy atom. The topological polar surface area (TPSA) is 29.1 Å². The molecule has 1 fully saturated rings. The predicted molar refractivity (Wildman–Crippen MR) is 80.8 cm³/mol. The number of hydrogen-bond donors (Lipinski definition) is 1. The number of carbonyl (C=O) groups is 1. The van der Waals surface area contributed by atoms with E-state index in [9.17, 15) is 4.79 Å². The molecule has 1 aliphatic heterocycles. The van der Waals surface area contributed by atoms with E-state index in [1.807, 2.05) is 32.0 Å². The van der Waals surface area contributed by atoms with E-state index in [-0.39, 0.29) is 16.7 Å². The Hall–Kier alpha value is -0.480. The molecule has 1 heterocycles. The molecule has 0 saturated carbocycles. The second-order valence-electron chi connectivity index (χ2n) is 4.93. The Morgan fingerprint density at radius 1 is 1.56 bits per heavy atom. The fourth-order valence-electron chi connectivity index (χ4n) is 2.17. The lowest BCUT2D eigenvalue weighted by Gasteiger charge is -2.24. The molecule has 1 aromatic rings. The Labute approximate surface area is 121 Å². The summed E-state index contributed by atoms with van der Waals surface area (Å²) in [5.74, 6) is 1.26. The molecule has 4 heteroatoms. The van der Waals surface area contributed by atoms with E-state index in [1.54, 1.807) is 11.8 Å². The summed E-state index contributed by atoms with van der Waals surface area (Å²) >= 11 is 5.23. The van der Waals surface area contributed by atoms with Crippen LogP contribution < -0.4 is 5.32 Å². The van der Waals surface area contributed by atoms with Crippen LogP contribution in [0.3, 0.4) is 0 Å². The number of amides is 1. The van der Waals surface area contributed by atoms with Gasteiger partial charge < -0.3 is 5.32 Å². The number of nitrogens with one attached hydrogen (secondary N) is 1. The molecule has 0 aromatic heterocycles. The largest absolute Gasteiger partial charge is 0.348 e. The van der Waals surface area contributed by atoms with E-state index in [2.05, 4.69) is 27.3 Å². The van der Waals surface area contributed by atoms with Gasteiger partial charge in [-0.15, -0.1) is 11.8 Å². The SMILES string of the molecule is CC(NC(=O)C1(C)CCCS1)c1cccc(Br)c1. The van der Waals surface area contributed by atoms with Crippen molar-refractivity contribution in [1.82, 2.24) is 5.32 Å². The minimum Gasteiger partial charge on any atom is -0.348 e. The second kappa shape index (κ2) is 5.66. The molecule has 2 rings (SSSR count). The zero-order valence-corrected chi connectivity index (χ0v) is 13.1. The Bertz CT molecular complexity index is 443. The molecule has 1 aromatic carbocycles. The van der Waals surface area contributed by atoms with Gasteiger partial charge in [0, 0.05) is 4.47 Å². The molecule has 18 heavy (non-hydrogen) atoms. The fraction of sp³-hybridized carbons (Fsp3) is 0.500. The highest BCUT2D eigenvalue weighted by Crippen LogP contribution is 2.38. The summed E-state index contributed by atoms with van der Waals surface area (Å²) in [5.41, 5.74) is 1.13. The predicted octanol–water partition coefficient (Wildman–Crippen LogP) is 3.91. The maximum Gasteiger partial charge on any atom is 0.236 e. The molecule has 0 radical (unpaired) electrons. The van der Waals surface area contributed by atoms with Gasteiger partial charge in [0.25, 0.3) is 0 Å². The van der Waals surface area contributed by atoms with E-state index >= 15 is 0 Å². The molecular weight excluding hydrogens is 310 g/mol. The van der Waals surface area contributed by atoms with Crippen LogP contribution in [-0.2, 0) is 4.79 Å². The van der Waals surface area contributed by atoms with Crippen molar-refractivity contribution in [2.45, 2.75) is 37.5 Å². The van der Waals surface area contributed by atoms with Gasteiger partial charge in [-0.25, -0.2) is 0 Å². The molecule has 2 unspecified atom stereocenters. The first-order chi connectivity index (χ1) is 8.51. The van der Waals surface area contributed by atoms with Crippen molar-refractivity contribution in [1.29, 1.82) is 0 Å². The zero-order chi connectivity index (χ0) is 13.2. The highest BCUT2D eigenvalue weighted by Gasteiger charge is 2.37. The van der Waals surface area contributed by atoms with Crippen LogP contribution in [0, 0.1) is 0 Å². The zero-order valence-electron chi connectivity index (χ0n) is 10.7. The van der Waals surface area contributed by atoms with Crippen LogP contribution in [0.4, 0.5) is 0 Å². The van der Waals surface area contributed by atoms with E-state index < -0.39 is 0 Å². The Morgan fingerprint density at radius 3 is 2.94 bits per heavy atom. The smallest absolute Gasteiger partial charge is 0.236 e. The third-order valence-electron chi connectivity index (χ3n) is 3.40. The van der Waals surface area contributed by atoms with Crippen LogP contribution in [0.25, 0.3) is 0 Å². The molecule has 1 amide bonds. The molecule has 2 atom stereocenters. The summed E-state index contributed by atoms with van der Waals surface area (Å²) in [6.07, 6.45) is 2.12. The first-order valence-electron chi connectivity index (χ1n) is 6.22. The molecular formula is C14H18BrNOS. The average molecular weight is 328 g/mol. The van der Waals surface area contributed by atoms with Gasteiger partial charge in [0.1, 0.15) is 0 Å². The standard InChI is InChI=1S/C14H18BrNOS/c1-10(11-5-3-6-12(15)9-11)16-13(17)14(2)7-4-8-18-14/h3,5-6,9-10H,4,7-8H2,1-2H3,(H,16,17). The van der Waals surface area contributed by atoms with Crippen LogP contribution in [0.5, 0.6) is 0 Å². The van der Waals surface area contributed by atoms with Crippen LogP contribution in [-0.4, -0.2) is 16.4 Å². The molecule has 1 saturated heterocycles. The molecule has 98 valence electrons. The van der Waals surface area contributed by atoms with E-state index in [4.69, 9.17) is 0 Å². The third-order valence-corrected chi connectivity index (χ3v) is 5.41. The van der Waals surface area contributed by atoms with Crippen molar-refractivity contribution in [3.05, 3.63) is 34.3 Å². The van der Waals surface area contributed by atoms with Crippen molar-refractivity contribution >= 4 is 33.6 Å². The highest BCUT2D eigenvalue weighted by molar-refractivity contribution is 9.10. The van der Waals surface area contributed by atoms with Gasteiger partial charge in [-0.1, -0.05) is 28.1 Å². The summed E-state index contributed by atoms with van der Waals surface area (Å²) in [6, 6.07) is 8.13. The number of benzene rings is 1. The van der Waals surface area contributed by atoms with Gasteiger partial charge in [0.15, 0.2) is 0 Å². The van der Waals surface area contributed by atoms with Gasteiger partial charge in [0.05, 0.1) is 10.8 Å². The van der Waals surface area contributed by atoms with Crippen LogP contribution in [0.2, 0.25) is 0 Å². The maximum atomic E-state index is 12.3. The number of rotatable bonds is 3. The molecule has 0 bridgehead atoms. The normalized spacial score (nSPS) is 24.8. The van der Waals surface area contributed by atoms with Crippen LogP contribution >= 0.6 is 27.7 Å². The van der Waals surface area contributed by atoms with Gasteiger partial charge in [-0.3, -0.25) is 4.79 Å². The summed E-state index contributed by atoms with van der Waals surface area (Å²) < 4.78 is 0.808. The second-order valence-corrected chi connectivity index (χ2v) is 7.45. The van der Waals surface area contributed by atoms with Gasteiger partial charge in [-0.2, -0.15) is 0 Å². The fourth-order valence-corrected chi connectivity index (χ4v) is 3.80. The molecule has 2 nitrogen and oxygen atoms in total. The average Bonchev–Trinajstić information content (AvgIpc) is 2.77. The first-order valence-corrected chi connectivity index (χ1v) is 7.99. The lowest BCUT2D eigenvalue weighted by atomic mass is 10.0. The van der Waals surface area contributed by atoms with Gasteiger partial charge >= 0.3 is 0 Å². The number of halogens is 1. The Balaban J connectivity index is 2.03. The van der Waals surface area contributed by atoms with Gasteiger partial charge in [-0.05, 0) is 50.1 Å². The van der Waals surface area contributed by atoms with Gasteiger partial charge in [0.2, 0.25) is 5.91 Å².